The topological polar surface area (TPSA) is 83.1 Å². The Balaban J connectivity index is 2.06. The normalized spacial score (nSPS) is 10.1. The van der Waals surface area contributed by atoms with Crippen LogP contribution < -0.4 is 14.8 Å². The van der Waals surface area contributed by atoms with Crippen LogP contribution in [0.2, 0.25) is 0 Å². The Kier molecular flexibility index (Phi) is 6.54. The number of carbonyl (C=O) groups is 2. The van der Waals surface area contributed by atoms with E-state index in [9.17, 15) is 9.59 Å². The van der Waals surface area contributed by atoms with Crippen LogP contribution in [0.1, 0.15) is 20.7 Å². The molecule has 3 rings (SSSR count). The lowest BCUT2D eigenvalue weighted by Gasteiger charge is -2.17. The Morgan fingerprint density at radius 1 is 0.733 bits per heavy atom. The van der Waals surface area contributed by atoms with E-state index in [-0.39, 0.29) is 11.1 Å². The van der Waals surface area contributed by atoms with Crippen LogP contribution in [0.15, 0.2) is 66.7 Å². The number of esters is 2. The van der Waals surface area contributed by atoms with E-state index >= 15 is 0 Å². The molecule has 3 aromatic carbocycles. The number of methoxy groups -OCH3 is 3. The van der Waals surface area contributed by atoms with E-state index in [0.717, 1.165) is 0 Å². The summed E-state index contributed by atoms with van der Waals surface area (Å²) in [5, 5.41) is 3.16. The standard InChI is InChI=1S/C23H21NO6/c1-27-16-12-13-18(20(14-16)30-15-8-5-4-6-9-15)24-19-11-7-10-17(22(25)28-2)21(19)23(26)29-3/h4-14,24H,1-3H3. The van der Waals surface area contributed by atoms with Gasteiger partial charge in [-0.05, 0) is 36.4 Å². The van der Waals surface area contributed by atoms with Crippen molar-refractivity contribution in [3.8, 4) is 17.2 Å². The van der Waals surface area contributed by atoms with Crippen molar-refractivity contribution >= 4 is 23.3 Å². The van der Waals surface area contributed by atoms with Gasteiger partial charge in [-0.25, -0.2) is 9.59 Å². The smallest absolute Gasteiger partial charge is 0.340 e. The molecule has 30 heavy (non-hydrogen) atoms. The first-order chi connectivity index (χ1) is 14.6. The van der Waals surface area contributed by atoms with Gasteiger partial charge in [0.15, 0.2) is 5.75 Å². The zero-order valence-electron chi connectivity index (χ0n) is 16.8. The van der Waals surface area contributed by atoms with E-state index in [1.54, 1.807) is 37.4 Å². The fourth-order valence-corrected chi connectivity index (χ4v) is 2.84. The summed E-state index contributed by atoms with van der Waals surface area (Å²) in [5.41, 5.74) is 1.08. The average molecular weight is 407 g/mol. The highest BCUT2D eigenvalue weighted by molar-refractivity contribution is 6.07. The number of benzene rings is 3. The molecule has 0 fully saturated rings. The molecule has 0 amide bonds. The second kappa shape index (κ2) is 9.47. The van der Waals surface area contributed by atoms with Gasteiger partial charge in [0.1, 0.15) is 11.5 Å². The van der Waals surface area contributed by atoms with Gasteiger partial charge in [-0.15, -0.1) is 0 Å². The first-order valence-electron chi connectivity index (χ1n) is 9.05. The van der Waals surface area contributed by atoms with Crippen LogP contribution in [0, 0.1) is 0 Å². The summed E-state index contributed by atoms with van der Waals surface area (Å²) >= 11 is 0. The molecule has 1 N–H and O–H groups in total. The lowest BCUT2D eigenvalue weighted by atomic mass is 10.0. The fraction of sp³-hybridized carbons (Fsp3) is 0.130. The fourth-order valence-electron chi connectivity index (χ4n) is 2.84. The van der Waals surface area contributed by atoms with E-state index in [1.165, 1.54) is 20.3 Å². The van der Waals surface area contributed by atoms with Gasteiger partial charge in [0, 0.05) is 6.07 Å². The van der Waals surface area contributed by atoms with Gasteiger partial charge in [0.25, 0.3) is 0 Å². The third-order valence-electron chi connectivity index (χ3n) is 4.29. The van der Waals surface area contributed by atoms with Crippen molar-refractivity contribution in [1.29, 1.82) is 0 Å². The van der Waals surface area contributed by atoms with Crippen molar-refractivity contribution in [1.82, 2.24) is 0 Å². The maximum absolute atomic E-state index is 12.4. The molecular weight excluding hydrogens is 386 g/mol. The molecule has 7 heteroatoms. The third kappa shape index (κ3) is 4.52. The Hall–Kier alpha value is -4.00. The molecular formula is C23H21NO6. The average Bonchev–Trinajstić information content (AvgIpc) is 2.79. The van der Waals surface area contributed by atoms with Crippen LogP contribution in [0.3, 0.4) is 0 Å². The lowest BCUT2D eigenvalue weighted by molar-refractivity contribution is 0.0556. The molecule has 0 atom stereocenters. The molecule has 0 saturated carbocycles. The summed E-state index contributed by atoms with van der Waals surface area (Å²) in [6.45, 7) is 0. The Morgan fingerprint density at radius 3 is 2.13 bits per heavy atom. The van der Waals surface area contributed by atoms with Gasteiger partial charge in [0.05, 0.1) is 43.8 Å². The van der Waals surface area contributed by atoms with E-state index < -0.39 is 11.9 Å². The van der Waals surface area contributed by atoms with E-state index in [2.05, 4.69) is 5.32 Å². The van der Waals surface area contributed by atoms with Gasteiger partial charge in [0.2, 0.25) is 0 Å². The van der Waals surface area contributed by atoms with Crippen molar-refractivity contribution in [2.75, 3.05) is 26.6 Å². The summed E-state index contributed by atoms with van der Waals surface area (Å²) < 4.78 is 21.0. The highest BCUT2D eigenvalue weighted by atomic mass is 16.5. The zero-order chi connectivity index (χ0) is 21.5. The van der Waals surface area contributed by atoms with Crippen molar-refractivity contribution in [3.05, 3.63) is 77.9 Å². The molecule has 154 valence electrons. The van der Waals surface area contributed by atoms with Gasteiger partial charge in [-0.3, -0.25) is 0 Å². The third-order valence-corrected chi connectivity index (χ3v) is 4.29. The Bertz CT molecular complexity index is 1050. The molecule has 0 heterocycles. The minimum Gasteiger partial charge on any atom is -0.497 e. The molecule has 0 aliphatic rings. The minimum absolute atomic E-state index is 0.0633. The molecule has 0 bridgehead atoms. The number of anilines is 2. The highest BCUT2D eigenvalue weighted by Crippen LogP contribution is 2.36. The maximum atomic E-state index is 12.4. The van der Waals surface area contributed by atoms with Crippen LogP contribution in [0.25, 0.3) is 0 Å². The first-order valence-corrected chi connectivity index (χ1v) is 9.05. The number of hydrogen-bond donors (Lipinski definition) is 1. The van der Waals surface area contributed by atoms with Gasteiger partial charge in [-0.1, -0.05) is 24.3 Å². The van der Waals surface area contributed by atoms with E-state index in [4.69, 9.17) is 18.9 Å². The summed E-state index contributed by atoms with van der Waals surface area (Å²) in [4.78, 5) is 24.6. The number of carbonyl (C=O) groups excluding carboxylic acids is 2. The summed E-state index contributed by atoms with van der Waals surface area (Å²) in [6.07, 6.45) is 0. The predicted octanol–water partition coefficient (Wildman–Crippen LogP) is 4.80. The molecule has 0 saturated heterocycles. The van der Waals surface area contributed by atoms with Crippen molar-refractivity contribution in [3.63, 3.8) is 0 Å². The SMILES string of the molecule is COC(=O)c1cccc(Nc2ccc(OC)cc2Oc2ccccc2)c1C(=O)OC. The van der Waals surface area contributed by atoms with Gasteiger partial charge < -0.3 is 24.3 Å². The first kappa shape index (κ1) is 20.7. The molecule has 0 aliphatic heterocycles. The quantitative estimate of drug-likeness (QED) is 0.563. The number of para-hydroxylation sites is 1. The molecule has 0 unspecified atom stereocenters. The van der Waals surface area contributed by atoms with Crippen LogP contribution in [-0.2, 0) is 9.47 Å². The molecule has 0 aromatic heterocycles. The van der Waals surface area contributed by atoms with Crippen LogP contribution >= 0.6 is 0 Å². The van der Waals surface area contributed by atoms with Crippen LogP contribution in [0.4, 0.5) is 11.4 Å². The summed E-state index contributed by atoms with van der Waals surface area (Å²) in [7, 11) is 4.06. The van der Waals surface area contributed by atoms with Crippen molar-refractivity contribution in [2.45, 2.75) is 0 Å². The number of nitrogens with one attached hydrogen (secondary N) is 1. The molecule has 3 aromatic rings. The number of rotatable bonds is 7. The summed E-state index contributed by atoms with van der Waals surface area (Å²) in [6, 6.07) is 19.3. The van der Waals surface area contributed by atoms with Crippen molar-refractivity contribution < 1.29 is 28.5 Å². The molecule has 0 aliphatic carbocycles. The minimum atomic E-state index is -0.669. The van der Waals surface area contributed by atoms with Gasteiger partial charge >= 0.3 is 11.9 Å². The van der Waals surface area contributed by atoms with Crippen LogP contribution in [-0.4, -0.2) is 33.3 Å². The van der Waals surface area contributed by atoms with Crippen molar-refractivity contribution in [2.24, 2.45) is 0 Å². The lowest BCUT2D eigenvalue weighted by Crippen LogP contribution is -2.14. The Labute approximate surface area is 174 Å². The predicted molar refractivity (Wildman–Crippen MR) is 112 cm³/mol. The highest BCUT2D eigenvalue weighted by Gasteiger charge is 2.23. The number of ether oxygens (including phenoxy) is 4. The summed E-state index contributed by atoms with van der Waals surface area (Å²) in [5.74, 6) is 0.389. The second-order valence-corrected chi connectivity index (χ2v) is 6.11. The monoisotopic (exact) mass is 407 g/mol. The van der Waals surface area contributed by atoms with Crippen LogP contribution in [0.5, 0.6) is 17.2 Å². The zero-order valence-corrected chi connectivity index (χ0v) is 16.8. The van der Waals surface area contributed by atoms with Gasteiger partial charge in [-0.2, -0.15) is 0 Å². The maximum Gasteiger partial charge on any atom is 0.340 e. The molecule has 0 spiro atoms. The van der Waals surface area contributed by atoms with E-state index in [1.807, 2.05) is 30.3 Å². The largest absolute Gasteiger partial charge is 0.497 e. The Morgan fingerprint density at radius 2 is 1.47 bits per heavy atom. The molecule has 0 radical (unpaired) electrons. The second-order valence-electron chi connectivity index (χ2n) is 6.11. The molecule has 7 nitrogen and oxygen atoms in total. The number of hydrogen-bond acceptors (Lipinski definition) is 7. The van der Waals surface area contributed by atoms with E-state index in [0.29, 0.717) is 28.6 Å².